The van der Waals surface area contributed by atoms with E-state index in [1.807, 2.05) is 24.3 Å². The second-order valence-corrected chi connectivity index (χ2v) is 4.32. The minimum absolute atomic E-state index is 0.183. The van der Waals surface area contributed by atoms with Crippen molar-refractivity contribution in [2.75, 3.05) is 7.05 Å². The summed E-state index contributed by atoms with van der Waals surface area (Å²) in [4.78, 5) is 11.2. The third-order valence-corrected chi connectivity index (χ3v) is 2.97. The molecule has 0 bridgehead atoms. The molecule has 2 aromatic rings. The number of amides is 1. The predicted molar refractivity (Wildman–Crippen MR) is 72.1 cm³/mol. The van der Waals surface area contributed by atoms with Gasteiger partial charge in [-0.05, 0) is 16.3 Å². The number of fused-ring (bicyclic) bond motifs is 1. The monoisotopic (exact) mass is 243 g/mol. The maximum Gasteiger partial charge on any atom is 0.248 e. The Labute approximate surface area is 107 Å². The SMILES string of the molecule is CC(=O)N(N)N(C)Cc1cccc2ccccc12. The zero-order valence-electron chi connectivity index (χ0n) is 10.6. The molecule has 2 aromatic carbocycles. The summed E-state index contributed by atoms with van der Waals surface area (Å²) in [5.41, 5.74) is 1.15. The number of hydrogen-bond donors (Lipinski definition) is 1. The van der Waals surface area contributed by atoms with Gasteiger partial charge in [-0.15, -0.1) is 0 Å². The summed E-state index contributed by atoms with van der Waals surface area (Å²) in [6, 6.07) is 14.3. The summed E-state index contributed by atoms with van der Waals surface area (Å²) in [5.74, 6) is 5.48. The molecule has 4 nitrogen and oxygen atoms in total. The van der Waals surface area contributed by atoms with E-state index in [0.29, 0.717) is 6.54 Å². The molecule has 0 atom stereocenters. The molecule has 2 rings (SSSR count). The third-order valence-electron chi connectivity index (χ3n) is 2.97. The summed E-state index contributed by atoms with van der Waals surface area (Å²) < 4.78 is 0. The molecule has 0 heterocycles. The van der Waals surface area contributed by atoms with Gasteiger partial charge in [-0.25, -0.2) is 16.0 Å². The number of carbonyl (C=O) groups excluding carboxylic acids is 1. The van der Waals surface area contributed by atoms with Gasteiger partial charge in [0, 0.05) is 20.5 Å². The second-order valence-electron chi connectivity index (χ2n) is 4.32. The maximum absolute atomic E-state index is 11.2. The minimum Gasteiger partial charge on any atom is -0.272 e. The van der Waals surface area contributed by atoms with Crippen molar-refractivity contribution in [3.63, 3.8) is 0 Å². The van der Waals surface area contributed by atoms with Crippen LogP contribution in [0.2, 0.25) is 0 Å². The van der Waals surface area contributed by atoms with E-state index in [2.05, 4.69) is 18.2 Å². The topological polar surface area (TPSA) is 49.6 Å². The summed E-state index contributed by atoms with van der Waals surface area (Å²) >= 11 is 0. The van der Waals surface area contributed by atoms with Crippen molar-refractivity contribution in [3.05, 3.63) is 48.0 Å². The largest absolute Gasteiger partial charge is 0.272 e. The Morgan fingerprint density at radius 1 is 1.17 bits per heavy atom. The van der Waals surface area contributed by atoms with Gasteiger partial charge in [0.1, 0.15) is 0 Å². The summed E-state index contributed by atoms with van der Waals surface area (Å²) in [6.45, 7) is 2.04. The van der Waals surface area contributed by atoms with Crippen LogP contribution in [0, 0.1) is 0 Å². The number of benzene rings is 2. The van der Waals surface area contributed by atoms with Gasteiger partial charge in [0.15, 0.2) is 0 Å². The standard InChI is InChI=1S/C14H17N3O/c1-11(18)17(15)16(2)10-13-8-5-7-12-6-3-4-9-14(12)13/h3-9H,10,15H2,1-2H3. The second kappa shape index (κ2) is 5.16. The van der Waals surface area contributed by atoms with Crippen LogP contribution in [0.25, 0.3) is 10.8 Å². The average molecular weight is 243 g/mol. The minimum atomic E-state index is -0.183. The van der Waals surface area contributed by atoms with Crippen molar-refractivity contribution in [1.82, 2.24) is 10.1 Å². The Balaban J connectivity index is 2.29. The fourth-order valence-corrected chi connectivity index (χ4v) is 1.99. The van der Waals surface area contributed by atoms with Crippen LogP contribution in [0.3, 0.4) is 0 Å². The van der Waals surface area contributed by atoms with Gasteiger partial charge in [0.05, 0.1) is 0 Å². The first-order valence-electron chi connectivity index (χ1n) is 5.82. The number of nitrogens with zero attached hydrogens (tertiary/aromatic N) is 2. The first-order chi connectivity index (χ1) is 8.59. The first kappa shape index (κ1) is 12.5. The molecular formula is C14H17N3O. The number of hydrogen-bond acceptors (Lipinski definition) is 3. The third kappa shape index (κ3) is 2.50. The zero-order chi connectivity index (χ0) is 13.1. The quantitative estimate of drug-likeness (QED) is 0.509. The van der Waals surface area contributed by atoms with Crippen molar-refractivity contribution in [2.24, 2.45) is 5.84 Å². The number of nitrogens with two attached hydrogens (primary N) is 1. The molecule has 2 N–H and O–H groups in total. The Kier molecular flexibility index (Phi) is 3.60. The van der Waals surface area contributed by atoms with E-state index in [-0.39, 0.29) is 5.91 Å². The lowest BCUT2D eigenvalue weighted by Crippen LogP contribution is -2.47. The predicted octanol–water partition coefficient (Wildman–Crippen LogP) is 1.91. The van der Waals surface area contributed by atoms with Gasteiger partial charge in [-0.3, -0.25) is 4.79 Å². The summed E-state index contributed by atoms with van der Waals surface area (Å²) in [5, 5.41) is 5.20. The van der Waals surface area contributed by atoms with E-state index in [4.69, 9.17) is 5.84 Å². The molecule has 0 aliphatic heterocycles. The lowest BCUT2D eigenvalue weighted by atomic mass is 10.0. The van der Waals surface area contributed by atoms with Crippen molar-refractivity contribution < 1.29 is 4.79 Å². The first-order valence-corrected chi connectivity index (χ1v) is 5.82. The van der Waals surface area contributed by atoms with E-state index in [9.17, 15) is 4.79 Å². The van der Waals surface area contributed by atoms with Gasteiger partial charge >= 0.3 is 0 Å². The molecule has 0 aliphatic carbocycles. The van der Waals surface area contributed by atoms with E-state index in [0.717, 1.165) is 10.7 Å². The van der Waals surface area contributed by atoms with Crippen LogP contribution in [-0.4, -0.2) is 23.1 Å². The molecule has 94 valence electrons. The Bertz CT molecular complexity index is 562. The van der Waals surface area contributed by atoms with Gasteiger partial charge in [0.25, 0.3) is 0 Å². The summed E-state index contributed by atoms with van der Waals surface area (Å²) in [7, 11) is 1.79. The maximum atomic E-state index is 11.2. The molecule has 0 unspecified atom stereocenters. The number of hydrazine groups is 2. The fourth-order valence-electron chi connectivity index (χ4n) is 1.99. The molecule has 0 saturated heterocycles. The van der Waals surface area contributed by atoms with E-state index < -0.39 is 0 Å². The van der Waals surface area contributed by atoms with Gasteiger partial charge in [-0.2, -0.15) is 0 Å². The highest BCUT2D eigenvalue weighted by atomic mass is 16.2. The van der Waals surface area contributed by atoms with Crippen LogP contribution >= 0.6 is 0 Å². The highest BCUT2D eigenvalue weighted by Gasteiger charge is 2.11. The van der Waals surface area contributed by atoms with E-state index in [1.54, 1.807) is 12.1 Å². The Hall–Kier alpha value is -1.91. The molecule has 18 heavy (non-hydrogen) atoms. The molecule has 0 aliphatic rings. The Morgan fingerprint density at radius 2 is 1.83 bits per heavy atom. The van der Waals surface area contributed by atoms with Crippen LogP contribution in [0.15, 0.2) is 42.5 Å². The van der Waals surface area contributed by atoms with Gasteiger partial charge in [-0.1, -0.05) is 42.5 Å². The highest BCUT2D eigenvalue weighted by molar-refractivity contribution is 5.85. The van der Waals surface area contributed by atoms with Crippen LogP contribution < -0.4 is 5.84 Å². The fraction of sp³-hybridized carbons (Fsp3) is 0.214. The van der Waals surface area contributed by atoms with Crippen molar-refractivity contribution in [1.29, 1.82) is 0 Å². The molecular weight excluding hydrogens is 226 g/mol. The van der Waals surface area contributed by atoms with Gasteiger partial charge < -0.3 is 0 Å². The smallest absolute Gasteiger partial charge is 0.248 e. The van der Waals surface area contributed by atoms with Crippen LogP contribution in [0.1, 0.15) is 12.5 Å². The molecule has 0 saturated carbocycles. The lowest BCUT2D eigenvalue weighted by Gasteiger charge is -2.26. The van der Waals surface area contributed by atoms with Crippen LogP contribution in [-0.2, 0) is 11.3 Å². The zero-order valence-corrected chi connectivity index (χ0v) is 10.6. The highest BCUT2D eigenvalue weighted by Crippen LogP contribution is 2.19. The number of carbonyl (C=O) groups is 1. The Morgan fingerprint density at radius 3 is 2.56 bits per heavy atom. The lowest BCUT2D eigenvalue weighted by molar-refractivity contribution is -0.145. The van der Waals surface area contributed by atoms with Crippen molar-refractivity contribution in [2.45, 2.75) is 13.5 Å². The molecule has 0 spiro atoms. The normalized spacial score (nSPS) is 10.9. The number of rotatable bonds is 3. The van der Waals surface area contributed by atoms with Gasteiger partial charge in [0.2, 0.25) is 5.91 Å². The van der Waals surface area contributed by atoms with E-state index >= 15 is 0 Å². The van der Waals surface area contributed by atoms with Crippen LogP contribution in [0.5, 0.6) is 0 Å². The van der Waals surface area contributed by atoms with Crippen molar-refractivity contribution >= 4 is 16.7 Å². The summed E-state index contributed by atoms with van der Waals surface area (Å²) in [6.07, 6.45) is 0. The average Bonchev–Trinajstić information content (AvgIpc) is 2.38. The molecule has 0 radical (unpaired) electrons. The van der Waals surface area contributed by atoms with Crippen LogP contribution in [0.4, 0.5) is 0 Å². The molecule has 4 heteroatoms. The molecule has 1 amide bonds. The van der Waals surface area contributed by atoms with Crippen molar-refractivity contribution in [3.8, 4) is 0 Å². The molecule has 0 fully saturated rings. The molecule has 0 aromatic heterocycles. The van der Waals surface area contributed by atoms with E-state index in [1.165, 1.54) is 17.7 Å².